The number of likely N-dealkylation sites (tertiary alicyclic amines) is 1. The van der Waals surface area contributed by atoms with Crippen molar-refractivity contribution in [3.05, 3.63) is 17.0 Å². The van der Waals surface area contributed by atoms with E-state index in [1.807, 2.05) is 6.07 Å². The number of hydrogen-bond acceptors (Lipinski definition) is 4. The summed E-state index contributed by atoms with van der Waals surface area (Å²) in [5.74, 6) is 0. The van der Waals surface area contributed by atoms with Gasteiger partial charge in [0.05, 0.1) is 0 Å². The van der Waals surface area contributed by atoms with Crippen LogP contribution in [0.4, 0.5) is 0 Å². The molecule has 1 saturated heterocycles. The molecule has 0 radical (unpaired) electrons. The highest BCUT2D eigenvalue weighted by Crippen LogP contribution is 2.26. The predicted molar refractivity (Wildman–Crippen MR) is 66.5 cm³/mol. The first kappa shape index (κ1) is 12.4. The second-order valence-electron chi connectivity index (χ2n) is 4.00. The maximum absolute atomic E-state index is 11.1. The average molecular weight is 280 g/mol. The monoisotopic (exact) mass is 279 g/mol. The molecule has 1 aromatic heterocycles. The first-order valence-electron chi connectivity index (χ1n) is 5.31. The van der Waals surface area contributed by atoms with E-state index >= 15 is 0 Å². The fourth-order valence-corrected chi connectivity index (χ4v) is 4.08. The van der Waals surface area contributed by atoms with E-state index in [0.717, 1.165) is 24.5 Å². The number of hydrogen-bond donors (Lipinski definition) is 0. The van der Waals surface area contributed by atoms with E-state index in [4.69, 9.17) is 10.7 Å². The first-order valence-corrected chi connectivity index (χ1v) is 8.44. The van der Waals surface area contributed by atoms with Gasteiger partial charge in [-0.15, -0.1) is 11.3 Å². The van der Waals surface area contributed by atoms with Crippen molar-refractivity contribution in [2.24, 2.45) is 0 Å². The van der Waals surface area contributed by atoms with Gasteiger partial charge in [0.25, 0.3) is 9.05 Å². The number of nitrogens with zero attached hydrogens (tertiary/aromatic N) is 1. The molecule has 1 fully saturated rings. The Balaban J connectivity index is 2.02. The summed E-state index contributed by atoms with van der Waals surface area (Å²) in [7, 11) is 1.73. The third-order valence-corrected chi connectivity index (χ3v) is 5.87. The zero-order valence-electron chi connectivity index (χ0n) is 8.86. The zero-order valence-corrected chi connectivity index (χ0v) is 11.2. The number of halogens is 1. The van der Waals surface area contributed by atoms with Crippen molar-refractivity contribution in [2.45, 2.75) is 30.0 Å². The number of piperidine rings is 1. The Morgan fingerprint density at radius 3 is 2.50 bits per heavy atom. The lowest BCUT2D eigenvalue weighted by molar-refractivity contribution is 0.222. The summed E-state index contributed by atoms with van der Waals surface area (Å²) in [4.78, 5) is 3.43. The Bertz CT molecular complexity index is 449. The Morgan fingerprint density at radius 2 is 1.94 bits per heavy atom. The summed E-state index contributed by atoms with van der Waals surface area (Å²) in [6, 6.07) is 3.45. The van der Waals surface area contributed by atoms with E-state index in [2.05, 4.69) is 4.90 Å². The van der Waals surface area contributed by atoms with E-state index in [-0.39, 0.29) is 4.21 Å². The van der Waals surface area contributed by atoms with Crippen LogP contribution in [0.15, 0.2) is 16.3 Å². The SMILES string of the molecule is O=S(=O)(Cl)c1ccc(CN2CCCCC2)s1. The maximum atomic E-state index is 11.1. The Kier molecular flexibility index (Phi) is 3.89. The van der Waals surface area contributed by atoms with Crippen LogP contribution >= 0.6 is 22.0 Å². The molecule has 0 bridgehead atoms. The van der Waals surface area contributed by atoms with Gasteiger partial charge in [0.1, 0.15) is 4.21 Å². The molecule has 0 saturated carbocycles. The van der Waals surface area contributed by atoms with Crippen LogP contribution in [0, 0.1) is 0 Å². The molecule has 1 aromatic rings. The Hall–Kier alpha value is -0.100. The van der Waals surface area contributed by atoms with E-state index in [9.17, 15) is 8.42 Å². The molecule has 0 aliphatic carbocycles. The largest absolute Gasteiger partial charge is 0.298 e. The van der Waals surface area contributed by atoms with E-state index in [0.29, 0.717) is 0 Å². The van der Waals surface area contributed by atoms with E-state index in [1.165, 1.54) is 30.6 Å². The van der Waals surface area contributed by atoms with Crippen LogP contribution in [-0.4, -0.2) is 26.4 Å². The van der Waals surface area contributed by atoms with Crippen molar-refractivity contribution in [1.29, 1.82) is 0 Å². The summed E-state index contributed by atoms with van der Waals surface area (Å²) < 4.78 is 22.5. The molecule has 1 aliphatic heterocycles. The second-order valence-corrected chi connectivity index (χ2v) is 7.96. The Labute approximate surface area is 104 Å². The molecule has 90 valence electrons. The molecular weight excluding hydrogens is 266 g/mol. The normalized spacial score (nSPS) is 18.8. The molecule has 0 N–H and O–H groups in total. The zero-order chi connectivity index (χ0) is 11.6. The van der Waals surface area contributed by atoms with Gasteiger partial charge in [0.2, 0.25) is 0 Å². The molecule has 0 spiro atoms. The number of thiophene rings is 1. The summed E-state index contributed by atoms with van der Waals surface area (Å²) in [6.07, 6.45) is 3.79. The van der Waals surface area contributed by atoms with Gasteiger partial charge in [0, 0.05) is 22.1 Å². The fourth-order valence-electron chi connectivity index (χ4n) is 1.91. The minimum Gasteiger partial charge on any atom is -0.298 e. The predicted octanol–water partition coefficient (Wildman–Crippen LogP) is 2.66. The van der Waals surface area contributed by atoms with Crippen LogP contribution in [0.25, 0.3) is 0 Å². The van der Waals surface area contributed by atoms with Crippen LogP contribution in [0.2, 0.25) is 0 Å². The van der Waals surface area contributed by atoms with Crippen molar-refractivity contribution < 1.29 is 8.42 Å². The third-order valence-electron chi connectivity index (χ3n) is 2.71. The number of rotatable bonds is 3. The third kappa shape index (κ3) is 3.20. The summed E-state index contributed by atoms with van der Waals surface area (Å²) in [5.41, 5.74) is 0. The van der Waals surface area contributed by atoms with Crippen LogP contribution in [0.3, 0.4) is 0 Å². The Morgan fingerprint density at radius 1 is 1.25 bits per heavy atom. The van der Waals surface area contributed by atoms with E-state index < -0.39 is 9.05 Å². The lowest BCUT2D eigenvalue weighted by Crippen LogP contribution is -2.28. The van der Waals surface area contributed by atoms with Crippen LogP contribution in [-0.2, 0) is 15.6 Å². The minimum absolute atomic E-state index is 0.251. The molecule has 2 heterocycles. The van der Waals surface area contributed by atoms with Crippen LogP contribution in [0.5, 0.6) is 0 Å². The second kappa shape index (κ2) is 5.04. The van der Waals surface area contributed by atoms with Gasteiger partial charge in [-0.2, -0.15) is 0 Å². The molecule has 3 nitrogen and oxygen atoms in total. The molecule has 0 amide bonds. The molecule has 1 aliphatic rings. The molecule has 2 rings (SSSR count). The van der Waals surface area contributed by atoms with Crippen molar-refractivity contribution in [1.82, 2.24) is 4.90 Å². The summed E-state index contributed by atoms with van der Waals surface area (Å²) in [6.45, 7) is 3.07. The van der Waals surface area contributed by atoms with Gasteiger partial charge in [-0.1, -0.05) is 6.42 Å². The molecule has 0 unspecified atom stereocenters. The summed E-state index contributed by atoms with van der Waals surface area (Å²) >= 11 is 1.27. The van der Waals surface area contributed by atoms with Crippen molar-refractivity contribution >= 4 is 31.1 Å². The molecule has 6 heteroatoms. The molecule has 16 heavy (non-hydrogen) atoms. The average Bonchev–Trinajstić information content (AvgIpc) is 2.67. The van der Waals surface area contributed by atoms with Crippen molar-refractivity contribution in [3.8, 4) is 0 Å². The van der Waals surface area contributed by atoms with E-state index in [1.54, 1.807) is 6.07 Å². The van der Waals surface area contributed by atoms with Gasteiger partial charge in [0.15, 0.2) is 0 Å². The van der Waals surface area contributed by atoms with Crippen LogP contribution < -0.4 is 0 Å². The lowest BCUT2D eigenvalue weighted by Gasteiger charge is -2.25. The van der Waals surface area contributed by atoms with Gasteiger partial charge in [-0.3, -0.25) is 4.90 Å². The van der Waals surface area contributed by atoms with Crippen molar-refractivity contribution in [3.63, 3.8) is 0 Å². The molecular formula is C10H14ClNO2S2. The molecule has 0 atom stereocenters. The van der Waals surface area contributed by atoms with Crippen LogP contribution in [0.1, 0.15) is 24.1 Å². The first-order chi connectivity index (χ1) is 7.55. The quantitative estimate of drug-likeness (QED) is 0.799. The fraction of sp³-hybridized carbons (Fsp3) is 0.600. The highest BCUT2D eigenvalue weighted by Gasteiger charge is 2.15. The minimum atomic E-state index is -3.55. The van der Waals surface area contributed by atoms with Gasteiger partial charge in [-0.05, 0) is 38.1 Å². The lowest BCUT2D eigenvalue weighted by atomic mass is 10.1. The van der Waals surface area contributed by atoms with Gasteiger partial charge < -0.3 is 0 Å². The highest BCUT2D eigenvalue weighted by atomic mass is 35.7. The summed E-state index contributed by atoms with van der Waals surface area (Å²) in [5, 5.41) is 0. The smallest absolute Gasteiger partial charge is 0.270 e. The van der Waals surface area contributed by atoms with Gasteiger partial charge in [-0.25, -0.2) is 8.42 Å². The highest BCUT2D eigenvalue weighted by molar-refractivity contribution is 8.15. The molecule has 0 aromatic carbocycles. The maximum Gasteiger partial charge on any atom is 0.270 e. The van der Waals surface area contributed by atoms with Crippen molar-refractivity contribution in [2.75, 3.05) is 13.1 Å². The topological polar surface area (TPSA) is 37.4 Å². The standard InChI is InChI=1S/C10H14ClNO2S2/c11-16(13,14)10-5-4-9(15-10)8-12-6-2-1-3-7-12/h4-5H,1-3,6-8H2. The van der Waals surface area contributed by atoms with Gasteiger partial charge >= 0.3 is 0 Å².